The van der Waals surface area contributed by atoms with Crippen molar-refractivity contribution in [3.05, 3.63) is 149 Å². The third-order valence-electron chi connectivity index (χ3n) is 8.68. The predicted octanol–water partition coefficient (Wildman–Crippen LogP) is 9.66. The van der Waals surface area contributed by atoms with E-state index in [0.29, 0.717) is 33.9 Å². The van der Waals surface area contributed by atoms with Gasteiger partial charge in [-0.25, -0.2) is 14.7 Å². The van der Waals surface area contributed by atoms with Gasteiger partial charge in [-0.05, 0) is 95.2 Å². The quantitative estimate of drug-likeness (QED) is 0.186. The minimum absolute atomic E-state index is 0.501. The summed E-state index contributed by atoms with van der Waals surface area (Å²) in [7, 11) is 0. The molecule has 8 rings (SSSR count). The fraction of sp³-hybridized carbons (Fsp3) is 0. The van der Waals surface area contributed by atoms with Crippen LogP contribution in [0.1, 0.15) is 16.7 Å². The average molecular weight is 611 g/mol. The molecule has 0 radical (unpaired) electrons. The average Bonchev–Trinajstić information content (AvgIpc) is 3.65. The van der Waals surface area contributed by atoms with E-state index in [4.69, 9.17) is 18.1 Å². The summed E-state index contributed by atoms with van der Waals surface area (Å²) in [6.07, 6.45) is 1.82. The van der Waals surface area contributed by atoms with Crippen molar-refractivity contribution in [2.24, 2.45) is 0 Å². The predicted molar refractivity (Wildman–Crippen MR) is 185 cm³/mol. The number of hydrogen-bond donors (Lipinski definition) is 0. The van der Waals surface area contributed by atoms with Gasteiger partial charge in [-0.3, -0.25) is 4.57 Å². The van der Waals surface area contributed by atoms with Gasteiger partial charge >= 0.3 is 0 Å². The van der Waals surface area contributed by atoms with Crippen LogP contribution in [-0.4, -0.2) is 14.1 Å². The minimum Gasteiger partial charge on any atom is -0.307 e. The number of benzene rings is 5. The Labute approximate surface area is 274 Å². The van der Waals surface area contributed by atoms with Gasteiger partial charge in [-0.15, -0.1) is 0 Å². The van der Waals surface area contributed by atoms with E-state index in [1.54, 1.807) is 36.4 Å². The van der Waals surface area contributed by atoms with Crippen LogP contribution in [0.5, 0.6) is 0 Å². The lowest BCUT2D eigenvalue weighted by Gasteiger charge is -2.16. The second-order valence-corrected chi connectivity index (χ2v) is 11.2. The van der Waals surface area contributed by atoms with E-state index in [2.05, 4.69) is 32.5 Å². The molecule has 0 atom stereocenters. The van der Waals surface area contributed by atoms with Crippen LogP contribution >= 0.6 is 0 Å². The highest BCUT2D eigenvalue weighted by molar-refractivity contribution is 6.12. The largest absolute Gasteiger partial charge is 0.307 e. The van der Waals surface area contributed by atoms with Gasteiger partial charge in [0.05, 0.1) is 82.0 Å². The maximum absolute atomic E-state index is 9.65. The molecule has 0 spiro atoms. The number of pyridine rings is 1. The zero-order valence-corrected chi connectivity index (χ0v) is 25.0. The molecule has 3 aromatic heterocycles. The molecule has 0 amide bonds. The van der Waals surface area contributed by atoms with Crippen molar-refractivity contribution in [1.29, 1.82) is 15.8 Å². The SMILES string of the molecule is [C-]#[N+]c1ccc2c(c1)c1cc([N+]#[C-])ccc1n2-c1cnc(-n2c3ccc(C#N)cc3c3cc(C#N)ccc32)cc1-c1ccc(C#N)cc1. The van der Waals surface area contributed by atoms with Crippen LogP contribution in [0.4, 0.5) is 11.4 Å². The van der Waals surface area contributed by atoms with E-state index in [1.165, 1.54) is 0 Å². The molecule has 48 heavy (non-hydrogen) atoms. The fourth-order valence-corrected chi connectivity index (χ4v) is 6.50. The molecule has 5 aromatic carbocycles. The first kappa shape index (κ1) is 27.8. The molecule has 0 bridgehead atoms. The van der Waals surface area contributed by atoms with E-state index in [-0.39, 0.29) is 0 Å². The molecule has 0 unspecified atom stereocenters. The molecular weight excluding hydrogens is 592 g/mol. The van der Waals surface area contributed by atoms with Crippen LogP contribution < -0.4 is 0 Å². The van der Waals surface area contributed by atoms with Crippen LogP contribution in [-0.2, 0) is 0 Å². The van der Waals surface area contributed by atoms with Crippen molar-refractivity contribution in [2.45, 2.75) is 0 Å². The highest BCUT2D eigenvalue weighted by Crippen LogP contribution is 2.40. The zero-order chi connectivity index (χ0) is 32.9. The zero-order valence-electron chi connectivity index (χ0n) is 25.0. The van der Waals surface area contributed by atoms with E-state index in [0.717, 1.165) is 60.4 Å². The highest BCUT2D eigenvalue weighted by Gasteiger charge is 2.20. The van der Waals surface area contributed by atoms with Crippen LogP contribution in [0.3, 0.4) is 0 Å². The summed E-state index contributed by atoms with van der Waals surface area (Å²) >= 11 is 0. The molecule has 0 saturated heterocycles. The molecule has 0 aliphatic heterocycles. The van der Waals surface area contributed by atoms with Gasteiger partial charge in [-0.1, -0.05) is 24.3 Å². The van der Waals surface area contributed by atoms with Crippen LogP contribution in [0.2, 0.25) is 0 Å². The summed E-state index contributed by atoms with van der Waals surface area (Å²) < 4.78 is 4.13. The molecule has 8 aromatic rings. The van der Waals surface area contributed by atoms with Crippen molar-refractivity contribution in [3.63, 3.8) is 0 Å². The molecule has 8 nitrogen and oxygen atoms in total. The lowest BCUT2D eigenvalue weighted by Crippen LogP contribution is -2.03. The molecule has 0 N–H and O–H groups in total. The smallest absolute Gasteiger partial charge is 0.188 e. The Morgan fingerprint density at radius 3 is 1.48 bits per heavy atom. The number of fused-ring (bicyclic) bond motifs is 6. The Morgan fingerprint density at radius 1 is 0.521 bits per heavy atom. The van der Waals surface area contributed by atoms with E-state index in [1.807, 2.05) is 77.5 Å². The summed E-state index contributed by atoms with van der Waals surface area (Å²) in [5.74, 6) is 0.624. The van der Waals surface area contributed by atoms with Crippen molar-refractivity contribution < 1.29 is 0 Å². The Balaban J connectivity index is 1.47. The van der Waals surface area contributed by atoms with Gasteiger partial charge in [0.25, 0.3) is 0 Å². The molecule has 0 fully saturated rings. The fourth-order valence-electron chi connectivity index (χ4n) is 6.50. The molecule has 3 heterocycles. The topological polar surface area (TPSA) is 103 Å². The number of nitriles is 3. The van der Waals surface area contributed by atoms with Gasteiger partial charge in [0.1, 0.15) is 5.82 Å². The molecular formula is C40H18N8. The number of rotatable bonds is 3. The Hall–Kier alpha value is -7.70. The summed E-state index contributed by atoms with van der Waals surface area (Å²) in [5, 5.41) is 32.2. The number of nitrogens with zero attached hydrogens (tertiary/aromatic N) is 8. The van der Waals surface area contributed by atoms with Gasteiger partial charge < -0.3 is 4.57 Å². The van der Waals surface area contributed by atoms with Crippen LogP contribution in [0.15, 0.2) is 109 Å². The molecule has 0 aliphatic carbocycles. The second kappa shape index (κ2) is 10.7. The lowest BCUT2D eigenvalue weighted by atomic mass is 10.0. The van der Waals surface area contributed by atoms with Crippen LogP contribution in [0, 0.1) is 47.1 Å². The Bertz CT molecular complexity index is 2750. The lowest BCUT2D eigenvalue weighted by molar-refractivity contribution is 1.06. The summed E-state index contributed by atoms with van der Waals surface area (Å²) in [6.45, 7) is 15.2. The third-order valence-corrected chi connectivity index (χ3v) is 8.68. The maximum Gasteiger partial charge on any atom is 0.188 e. The van der Waals surface area contributed by atoms with Gasteiger partial charge in [0.15, 0.2) is 11.4 Å². The van der Waals surface area contributed by atoms with Crippen LogP contribution in [0.25, 0.3) is 75.9 Å². The molecule has 0 saturated carbocycles. The first-order chi connectivity index (χ1) is 23.5. The summed E-state index contributed by atoms with van der Waals surface area (Å²) in [4.78, 5) is 12.3. The minimum atomic E-state index is 0.501. The Morgan fingerprint density at radius 2 is 0.979 bits per heavy atom. The summed E-state index contributed by atoms with van der Waals surface area (Å²) in [5.41, 5.74) is 8.41. The first-order valence-electron chi connectivity index (χ1n) is 14.8. The van der Waals surface area contributed by atoms with E-state index >= 15 is 0 Å². The standard InChI is InChI=1S/C40H18N8/c1-44-28-9-13-35-33(17-28)34-18-29(45-2)10-14-36(34)47(35)39-23-46-40(19-30(39)27-7-3-24(20-41)4-8-27)48-37-11-5-25(21-42)15-31(37)32-16-26(22-43)6-12-38(32)48/h3-19,23H. The van der Waals surface area contributed by atoms with Gasteiger partial charge in [-0.2, -0.15) is 15.8 Å². The van der Waals surface area contributed by atoms with Crippen molar-refractivity contribution in [1.82, 2.24) is 14.1 Å². The Kier molecular flexibility index (Phi) is 6.22. The molecule has 218 valence electrons. The normalized spacial score (nSPS) is 10.8. The van der Waals surface area contributed by atoms with Crippen molar-refractivity contribution in [2.75, 3.05) is 0 Å². The second-order valence-electron chi connectivity index (χ2n) is 11.2. The van der Waals surface area contributed by atoms with Crippen molar-refractivity contribution in [3.8, 4) is 40.8 Å². The van der Waals surface area contributed by atoms with Gasteiger partial charge in [0, 0.05) is 16.3 Å². The number of aromatic nitrogens is 3. The third kappa shape index (κ3) is 4.15. The monoisotopic (exact) mass is 610 g/mol. The molecule has 8 heteroatoms. The molecule has 0 aliphatic rings. The van der Waals surface area contributed by atoms with Crippen molar-refractivity contribution >= 4 is 55.0 Å². The van der Waals surface area contributed by atoms with E-state index < -0.39 is 0 Å². The highest BCUT2D eigenvalue weighted by atomic mass is 15.1. The first-order valence-corrected chi connectivity index (χ1v) is 14.8. The van der Waals surface area contributed by atoms with E-state index in [9.17, 15) is 15.8 Å². The maximum atomic E-state index is 9.65. The summed E-state index contributed by atoms with van der Waals surface area (Å²) in [6, 6.07) is 38.1. The number of hydrogen-bond acceptors (Lipinski definition) is 4. The van der Waals surface area contributed by atoms with Gasteiger partial charge in [0.2, 0.25) is 0 Å².